The van der Waals surface area contributed by atoms with Gasteiger partial charge in [0.2, 0.25) is 5.95 Å². The van der Waals surface area contributed by atoms with Crippen LogP contribution in [0, 0.1) is 6.92 Å². The highest BCUT2D eigenvalue weighted by molar-refractivity contribution is 5.83. The molecule has 0 saturated carbocycles. The number of ether oxygens (including phenoxy) is 1. The second-order valence-electron chi connectivity index (χ2n) is 6.62. The van der Waals surface area contributed by atoms with Crippen molar-refractivity contribution >= 4 is 17.0 Å². The number of hydrogen-bond acceptors (Lipinski definition) is 7. The van der Waals surface area contributed by atoms with Gasteiger partial charge in [-0.25, -0.2) is 4.98 Å². The van der Waals surface area contributed by atoms with Gasteiger partial charge in [-0.3, -0.25) is 14.5 Å². The molecule has 0 spiro atoms. The Balaban J connectivity index is 2.02. The summed E-state index contributed by atoms with van der Waals surface area (Å²) in [6.45, 7) is 4.45. The molecule has 4 rings (SSSR count). The number of nitrogens with zero attached hydrogens (tertiary/aromatic N) is 5. The average Bonchev–Trinajstić information content (AvgIpc) is 3.03. The van der Waals surface area contributed by atoms with E-state index < -0.39 is 0 Å². The number of likely N-dealkylation sites (N-methyl/N-ethyl adjacent to an activating group) is 1. The van der Waals surface area contributed by atoms with Gasteiger partial charge in [-0.2, -0.15) is 10.1 Å². The maximum atomic E-state index is 13.4. The average molecular weight is 355 g/mol. The van der Waals surface area contributed by atoms with Crippen LogP contribution in [0.4, 0.5) is 5.95 Å². The van der Waals surface area contributed by atoms with Gasteiger partial charge in [0.25, 0.3) is 5.56 Å². The van der Waals surface area contributed by atoms with Crippen LogP contribution in [0.2, 0.25) is 0 Å². The van der Waals surface area contributed by atoms with E-state index >= 15 is 0 Å². The van der Waals surface area contributed by atoms with E-state index in [1.807, 2.05) is 20.0 Å². The molecule has 4 heterocycles. The number of aromatic nitrogens is 5. The third kappa shape index (κ3) is 2.85. The number of fused-ring (bicyclic) bond motifs is 1. The van der Waals surface area contributed by atoms with Gasteiger partial charge < -0.3 is 15.4 Å². The molecule has 9 nitrogen and oxygen atoms in total. The van der Waals surface area contributed by atoms with Crippen LogP contribution in [-0.2, 0) is 4.74 Å². The van der Waals surface area contributed by atoms with Crippen LogP contribution < -0.4 is 11.3 Å². The lowest BCUT2D eigenvalue weighted by Gasteiger charge is -2.23. The molecule has 26 heavy (non-hydrogen) atoms. The Hall–Kier alpha value is -2.78. The van der Waals surface area contributed by atoms with Crippen molar-refractivity contribution in [1.29, 1.82) is 0 Å². The second-order valence-corrected chi connectivity index (χ2v) is 6.62. The lowest BCUT2D eigenvalue weighted by Crippen LogP contribution is -2.35. The summed E-state index contributed by atoms with van der Waals surface area (Å²) in [5.74, 6) is 0.155. The van der Waals surface area contributed by atoms with Crippen LogP contribution >= 0.6 is 0 Å². The van der Waals surface area contributed by atoms with Crippen LogP contribution in [-0.4, -0.2) is 63.0 Å². The normalized spacial score (nSPS) is 18.9. The fourth-order valence-corrected chi connectivity index (χ4v) is 3.42. The van der Waals surface area contributed by atoms with E-state index in [2.05, 4.69) is 25.1 Å². The van der Waals surface area contributed by atoms with E-state index in [4.69, 9.17) is 10.5 Å². The molecule has 0 aliphatic carbocycles. The van der Waals surface area contributed by atoms with Crippen molar-refractivity contribution in [3.63, 3.8) is 0 Å². The minimum absolute atomic E-state index is 0.139. The molecule has 3 aromatic heterocycles. The molecule has 1 atom stereocenters. The van der Waals surface area contributed by atoms with Crippen molar-refractivity contribution in [2.75, 3.05) is 39.1 Å². The summed E-state index contributed by atoms with van der Waals surface area (Å²) < 4.78 is 7.43. The number of hydrogen-bond donors (Lipinski definition) is 2. The third-order valence-corrected chi connectivity index (χ3v) is 4.72. The zero-order valence-electron chi connectivity index (χ0n) is 14.8. The minimum atomic E-state index is -0.168. The molecule has 0 amide bonds. The van der Waals surface area contributed by atoms with Gasteiger partial charge in [-0.1, -0.05) is 0 Å². The number of nitrogens with two attached hydrogens (primary N) is 1. The fraction of sp³-hybridized carbons (Fsp3) is 0.412. The predicted molar refractivity (Wildman–Crippen MR) is 97.9 cm³/mol. The molecule has 1 unspecified atom stereocenters. The molecule has 3 aromatic rings. The first-order valence-electron chi connectivity index (χ1n) is 8.49. The topological polar surface area (TPSA) is 115 Å². The Morgan fingerprint density at radius 1 is 1.38 bits per heavy atom. The molecule has 136 valence electrons. The first kappa shape index (κ1) is 16.7. The van der Waals surface area contributed by atoms with E-state index in [1.54, 1.807) is 17.0 Å². The van der Waals surface area contributed by atoms with Crippen LogP contribution in [0.15, 0.2) is 23.3 Å². The third-order valence-electron chi connectivity index (χ3n) is 4.72. The molecule has 1 aliphatic heterocycles. The highest BCUT2D eigenvalue weighted by Gasteiger charge is 2.24. The Kier molecular flexibility index (Phi) is 4.17. The largest absolute Gasteiger partial charge is 0.378 e. The monoisotopic (exact) mass is 355 g/mol. The molecule has 0 bridgehead atoms. The highest BCUT2D eigenvalue weighted by Crippen LogP contribution is 2.25. The van der Waals surface area contributed by atoms with Crippen LogP contribution in [0.25, 0.3) is 22.2 Å². The van der Waals surface area contributed by atoms with E-state index in [0.29, 0.717) is 31.0 Å². The summed E-state index contributed by atoms with van der Waals surface area (Å²) in [4.78, 5) is 24.2. The Labute approximate surface area is 149 Å². The van der Waals surface area contributed by atoms with Gasteiger partial charge in [0.05, 0.1) is 36.7 Å². The number of H-pyrrole nitrogens is 1. The number of rotatable bonds is 2. The van der Waals surface area contributed by atoms with Crippen LogP contribution in [0.5, 0.6) is 0 Å². The van der Waals surface area contributed by atoms with Gasteiger partial charge in [-0.05, 0) is 20.0 Å². The van der Waals surface area contributed by atoms with Crippen molar-refractivity contribution in [2.45, 2.75) is 13.0 Å². The van der Waals surface area contributed by atoms with Gasteiger partial charge in [-0.15, -0.1) is 0 Å². The van der Waals surface area contributed by atoms with Crippen molar-refractivity contribution < 1.29 is 4.74 Å². The molecule has 9 heteroatoms. The zero-order valence-corrected chi connectivity index (χ0v) is 14.8. The molecule has 1 saturated heterocycles. The lowest BCUT2D eigenvalue weighted by atomic mass is 10.1. The highest BCUT2D eigenvalue weighted by atomic mass is 16.5. The zero-order chi connectivity index (χ0) is 18.3. The summed E-state index contributed by atoms with van der Waals surface area (Å²) >= 11 is 0. The summed E-state index contributed by atoms with van der Waals surface area (Å²) in [5.41, 5.74) is 8.28. The number of nitrogen functional groups attached to an aromatic ring is 1. The number of nitrogens with one attached hydrogen (secondary N) is 1. The van der Waals surface area contributed by atoms with Crippen molar-refractivity contribution in [2.24, 2.45) is 0 Å². The van der Waals surface area contributed by atoms with Gasteiger partial charge in [0.15, 0.2) is 0 Å². The number of aromatic amines is 1. The van der Waals surface area contributed by atoms with Crippen LogP contribution in [0.3, 0.4) is 0 Å². The molecule has 1 aliphatic rings. The van der Waals surface area contributed by atoms with Gasteiger partial charge in [0, 0.05) is 30.2 Å². The first-order valence-corrected chi connectivity index (χ1v) is 8.49. The van der Waals surface area contributed by atoms with E-state index in [-0.39, 0.29) is 17.5 Å². The maximum Gasteiger partial charge on any atom is 0.260 e. The smallest absolute Gasteiger partial charge is 0.260 e. The molecule has 0 aromatic carbocycles. The van der Waals surface area contributed by atoms with Gasteiger partial charge in [0.1, 0.15) is 5.65 Å². The molecule has 3 N–H and O–H groups in total. The van der Waals surface area contributed by atoms with Crippen molar-refractivity contribution in [1.82, 2.24) is 29.6 Å². The maximum absolute atomic E-state index is 13.4. The quantitative estimate of drug-likeness (QED) is 0.691. The van der Waals surface area contributed by atoms with E-state index in [9.17, 15) is 4.79 Å². The van der Waals surface area contributed by atoms with Gasteiger partial charge >= 0.3 is 0 Å². The first-order chi connectivity index (χ1) is 12.5. The summed E-state index contributed by atoms with van der Waals surface area (Å²) in [6, 6.07) is 1.65. The summed E-state index contributed by atoms with van der Waals surface area (Å²) in [5, 5.41) is 7.52. The Morgan fingerprint density at radius 2 is 2.23 bits per heavy atom. The minimum Gasteiger partial charge on any atom is -0.378 e. The summed E-state index contributed by atoms with van der Waals surface area (Å²) in [6.07, 6.45) is 3.34. The standard InChI is InChI=1S/C17H21N7O2/c1-10-13-5-14(11-6-19-20-7-11)16(25)24(15(13)22-17(18)21-10)12-8-23(2)3-4-26-9-12/h5-7,12H,3-4,8-9H2,1-2H3,(H,19,20)(H2,18,21,22). The van der Waals surface area contributed by atoms with E-state index in [0.717, 1.165) is 23.2 Å². The molecule has 0 radical (unpaired) electrons. The van der Waals surface area contributed by atoms with Crippen molar-refractivity contribution in [3.8, 4) is 11.1 Å². The predicted octanol–water partition coefficient (Wildman–Crippen LogP) is 0.575. The summed E-state index contributed by atoms with van der Waals surface area (Å²) in [7, 11) is 2.02. The number of aryl methyl sites for hydroxylation is 1. The second kappa shape index (κ2) is 6.50. The van der Waals surface area contributed by atoms with E-state index in [1.165, 1.54) is 0 Å². The van der Waals surface area contributed by atoms with Crippen molar-refractivity contribution in [3.05, 3.63) is 34.5 Å². The Bertz CT molecular complexity index is 997. The molecular weight excluding hydrogens is 334 g/mol. The number of anilines is 1. The SMILES string of the molecule is Cc1nc(N)nc2c1cc(-c1cn[nH]c1)c(=O)n2C1COCCN(C)C1. The van der Waals surface area contributed by atoms with Crippen LogP contribution in [0.1, 0.15) is 11.7 Å². The Morgan fingerprint density at radius 3 is 3.00 bits per heavy atom. The lowest BCUT2D eigenvalue weighted by molar-refractivity contribution is 0.124. The fourth-order valence-electron chi connectivity index (χ4n) is 3.42. The molecule has 1 fully saturated rings. The number of pyridine rings is 1. The molecular formula is C17H21N7O2.